The number of benzene rings is 1. The summed E-state index contributed by atoms with van der Waals surface area (Å²) >= 11 is 0. The lowest BCUT2D eigenvalue weighted by atomic mass is 10.2. The third-order valence-electron chi connectivity index (χ3n) is 4.98. The molecular weight excluding hydrogens is 409 g/mol. The van der Waals surface area contributed by atoms with Gasteiger partial charge in [0.05, 0.1) is 12.7 Å². The monoisotopic (exact) mass is 438 g/mol. The van der Waals surface area contributed by atoms with Crippen LogP contribution in [0.2, 0.25) is 0 Å². The van der Waals surface area contributed by atoms with Crippen LogP contribution in [-0.4, -0.2) is 61.7 Å². The maximum atomic E-state index is 10.7. The molecular formula is C19H29F3N2O4S. The van der Waals surface area contributed by atoms with Gasteiger partial charge in [-0.25, -0.2) is 0 Å². The van der Waals surface area contributed by atoms with E-state index in [9.17, 15) is 13.2 Å². The molecule has 0 unspecified atom stereocenters. The van der Waals surface area contributed by atoms with E-state index in [0.29, 0.717) is 12.1 Å². The summed E-state index contributed by atoms with van der Waals surface area (Å²) in [4.78, 5) is 2.64. The average molecular weight is 439 g/mol. The van der Waals surface area contributed by atoms with Gasteiger partial charge < -0.3 is 15.0 Å². The number of likely N-dealkylation sites (tertiary alicyclic amines) is 1. The first kappa shape index (κ1) is 24.1. The molecule has 166 valence electrons. The Morgan fingerprint density at radius 3 is 2.24 bits per heavy atom. The lowest BCUT2D eigenvalue weighted by molar-refractivity contribution is -0.0510. The van der Waals surface area contributed by atoms with Gasteiger partial charge in [0.2, 0.25) is 0 Å². The van der Waals surface area contributed by atoms with Crippen LogP contribution in [0.15, 0.2) is 30.3 Å². The Labute approximate surface area is 170 Å². The number of nitrogens with one attached hydrogen (secondary N) is 1. The molecule has 1 aromatic carbocycles. The molecule has 1 aromatic rings. The van der Waals surface area contributed by atoms with E-state index in [1.54, 1.807) is 0 Å². The summed E-state index contributed by atoms with van der Waals surface area (Å²) in [6.07, 6.45) is 7.11. The predicted octanol–water partition coefficient (Wildman–Crippen LogP) is 3.20. The Balaban J connectivity index is 0.000000321. The van der Waals surface area contributed by atoms with Gasteiger partial charge in [-0.3, -0.25) is 4.55 Å². The van der Waals surface area contributed by atoms with Crippen LogP contribution in [0.3, 0.4) is 0 Å². The van der Waals surface area contributed by atoms with E-state index in [0.717, 1.165) is 19.6 Å². The highest BCUT2D eigenvalue weighted by molar-refractivity contribution is 7.86. The van der Waals surface area contributed by atoms with Crippen LogP contribution in [0, 0.1) is 0 Å². The topological polar surface area (TPSA) is 78.9 Å². The number of nitrogens with zero attached hydrogens (tertiary/aromatic N) is 1. The maximum absolute atomic E-state index is 10.7. The van der Waals surface area contributed by atoms with Gasteiger partial charge in [0.15, 0.2) is 0 Å². The van der Waals surface area contributed by atoms with Crippen molar-refractivity contribution in [1.29, 1.82) is 0 Å². The van der Waals surface area contributed by atoms with Gasteiger partial charge in [-0.05, 0) is 37.9 Å². The molecule has 2 N–H and O–H groups in total. The Kier molecular flexibility index (Phi) is 9.35. The van der Waals surface area contributed by atoms with E-state index in [-0.39, 0.29) is 0 Å². The highest BCUT2D eigenvalue weighted by Crippen LogP contribution is 2.20. The molecule has 0 radical (unpaired) electrons. The summed E-state index contributed by atoms with van der Waals surface area (Å²) in [5.41, 5.74) is -4.26. The number of hydrogen-bond acceptors (Lipinski definition) is 5. The van der Waals surface area contributed by atoms with Gasteiger partial charge >= 0.3 is 15.6 Å². The molecule has 2 saturated heterocycles. The van der Waals surface area contributed by atoms with Crippen molar-refractivity contribution in [2.45, 2.75) is 56.4 Å². The zero-order chi connectivity index (χ0) is 21.3. The third-order valence-corrected chi connectivity index (χ3v) is 5.56. The quantitative estimate of drug-likeness (QED) is 0.543. The zero-order valence-corrected chi connectivity index (χ0v) is 17.1. The van der Waals surface area contributed by atoms with Crippen LogP contribution < -0.4 is 5.32 Å². The van der Waals surface area contributed by atoms with Crippen molar-refractivity contribution in [2.24, 2.45) is 0 Å². The molecule has 29 heavy (non-hydrogen) atoms. The van der Waals surface area contributed by atoms with Crippen molar-refractivity contribution in [3.05, 3.63) is 35.9 Å². The van der Waals surface area contributed by atoms with Crippen LogP contribution in [0.5, 0.6) is 0 Å². The van der Waals surface area contributed by atoms with Gasteiger partial charge in [-0.2, -0.15) is 21.6 Å². The second-order valence-electron chi connectivity index (χ2n) is 7.40. The summed E-state index contributed by atoms with van der Waals surface area (Å²) in [5, 5.41) is 3.64. The van der Waals surface area contributed by atoms with E-state index < -0.39 is 15.6 Å². The van der Waals surface area contributed by atoms with E-state index in [1.807, 2.05) is 0 Å². The van der Waals surface area contributed by atoms with Gasteiger partial charge in [0, 0.05) is 19.1 Å². The van der Waals surface area contributed by atoms with Gasteiger partial charge in [-0.1, -0.05) is 43.2 Å². The molecule has 3 rings (SSSR count). The molecule has 2 aliphatic rings. The fraction of sp³-hybridized carbons (Fsp3) is 0.684. The Bertz CT molecular complexity index is 693. The molecule has 0 amide bonds. The number of alkyl halides is 3. The normalized spacial score (nSPS) is 23.9. The Hall–Kier alpha value is -1.20. The first-order valence-corrected chi connectivity index (χ1v) is 11.2. The van der Waals surface area contributed by atoms with Crippen molar-refractivity contribution in [1.82, 2.24) is 10.2 Å². The second-order valence-corrected chi connectivity index (χ2v) is 8.81. The van der Waals surface area contributed by atoms with E-state index in [4.69, 9.17) is 17.7 Å². The minimum Gasteiger partial charge on any atom is -0.372 e. The Morgan fingerprint density at radius 2 is 1.69 bits per heavy atom. The molecule has 2 heterocycles. The summed E-state index contributed by atoms with van der Waals surface area (Å²) in [6.45, 7) is 5.52. The minimum atomic E-state index is -5.84. The molecule has 2 aliphatic heterocycles. The molecule has 10 heteroatoms. The molecule has 0 bridgehead atoms. The van der Waals surface area contributed by atoms with Crippen LogP contribution in [-0.2, 0) is 21.5 Å². The first-order chi connectivity index (χ1) is 13.6. The highest BCUT2D eigenvalue weighted by Gasteiger charge is 2.44. The van der Waals surface area contributed by atoms with Crippen LogP contribution in [0.4, 0.5) is 13.2 Å². The summed E-state index contributed by atoms with van der Waals surface area (Å²) in [5.74, 6) is 0. The molecule has 2 fully saturated rings. The highest BCUT2D eigenvalue weighted by atomic mass is 32.2. The smallest absolute Gasteiger partial charge is 0.372 e. The maximum Gasteiger partial charge on any atom is 0.522 e. The zero-order valence-electron chi connectivity index (χ0n) is 16.3. The van der Waals surface area contributed by atoms with Crippen LogP contribution in [0.25, 0.3) is 0 Å². The minimum absolute atomic E-state index is 0.377. The molecule has 6 nitrogen and oxygen atoms in total. The standard InChI is InChI=1S/C18H28N2O.CHF3O3S/c1-2-7-11-20(10-6-1)14-17-12-18(13-19-17)21-15-16-8-4-3-5-9-16;2-1(3,4)8(5,6)7/h3-5,8-9,17-19H,1-2,6-7,10-15H2;(H,5,6,7)/t17-,18+;/m0./s1. The van der Waals surface area contributed by atoms with Gasteiger partial charge in [0.25, 0.3) is 0 Å². The SMILES string of the molecule is O=S(=O)(O)C(F)(F)F.c1ccc(CO[C@H]2CN[C@H](CN3CCCCCC3)C2)cc1. The van der Waals surface area contributed by atoms with Crippen molar-refractivity contribution in [2.75, 3.05) is 26.2 Å². The van der Waals surface area contributed by atoms with E-state index in [2.05, 4.69) is 40.5 Å². The van der Waals surface area contributed by atoms with Crippen molar-refractivity contribution < 1.29 is 30.9 Å². The second kappa shape index (κ2) is 11.3. The van der Waals surface area contributed by atoms with Crippen molar-refractivity contribution in [3.63, 3.8) is 0 Å². The van der Waals surface area contributed by atoms with Crippen molar-refractivity contribution in [3.8, 4) is 0 Å². The van der Waals surface area contributed by atoms with E-state index >= 15 is 0 Å². The summed E-state index contributed by atoms with van der Waals surface area (Å²) in [6, 6.07) is 11.1. The predicted molar refractivity (Wildman–Crippen MR) is 104 cm³/mol. The average Bonchev–Trinajstić information content (AvgIpc) is 2.93. The van der Waals surface area contributed by atoms with Crippen molar-refractivity contribution >= 4 is 10.1 Å². The number of hydrogen-bond donors (Lipinski definition) is 2. The molecule has 2 atom stereocenters. The van der Waals surface area contributed by atoms with E-state index in [1.165, 1.54) is 50.9 Å². The molecule has 0 saturated carbocycles. The van der Waals surface area contributed by atoms with Gasteiger partial charge in [0.1, 0.15) is 0 Å². The summed E-state index contributed by atoms with van der Waals surface area (Å²) < 4.78 is 63.6. The number of ether oxygens (including phenoxy) is 1. The Morgan fingerprint density at radius 1 is 1.10 bits per heavy atom. The third kappa shape index (κ3) is 9.00. The lowest BCUT2D eigenvalue weighted by Gasteiger charge is -2.23. The van der Waals surface area contributed by atoms with Gasteiger partial charge in [-0.15, -0.1) is 0 Å². The molecule has 0 aromatic heterocycles. The van der Waals surface area contributed by atoms with Crippen LogP contribution >= 0.6 is 0 Å². The number of rotatable bonds is 5. The first-order valence-electron chi connectivity index (χ1n) is 9.80. The molecule has 0 spiro atoms. The molecule has 0 aliphatic carbocycles. The fourth-order valence-corrected chi connectivity index (χ4v) is 3.47. The number of halogens is 3. The lowest BCUT2D eigenvalue weighted by Crippen LogP contribution is -2.37. The summed E-state index contributed by atoms with van der Waals surface area (Å²) in [7, 11) is -5.84. The largest absolute Gasteiger partial charge is 0.522 e. The van der Waals surface area contributed by atoms with Crippen LogP contribution in [0.1, 0.15) is 37.7 Å². The fourth-order valence-electron chi connectivity index (χ4n) is 3.47.